The predicted octanol–water partition coefficient (Wildman–Crippen LogP) is 2.43. The van der Waals surface area contributed by atoms with Crippen molar-refractivity contribution in [1.82, 2.24) is 5.32 Å². The monoisotopic (exact) mass is 335 g/mol. The molecule has 1 atom stereocenters. The van der Waals surface area contributed by atoms with Gasteiger partial charge in [-0.1, -0.05) is 6.07 Å². The topological polar surface area (TPSA) is 72.5 Å². The van der Waals surface area contributed by atoms with Crippen LogP contribution in [0.3, 0.4) is 0 Å². The lowest BCUT2D eigenvalue weighted by atomic mass is 10.1. The van der Waals surface area contributed by atoms with Gasteiger partial charge in [0, 0.05) is 5.56 Å². The van der Waals surface area contributed by atoms with Crippen molar-refractivity contribution >= 4 is 29.0 Å². The summed E-state index contributed by atoms with van der Waals surface area (Å²) in [5.41, 5.74) is 0.245. The second kappa shape index (κ2) is 7.64. The van der Waals surface area contributed by atoms with E-state index in [0.29, 0.717) is 4.88 Å². The molecule has 1 heterocycles. The number of amides is 1. The van der Waals surface area contributed by atoms with E-state index < -0.39 is 23.7 Å². The molecule has 120 valence electrons. The number of nitrogens with one attached hydrogen (secondary N) is 1. The Morgan fingerprint density at radius 1 is 1.22 bits per heavy atom. The van der Waals surface area contributed by atoms with Crippen molar-refractivity contribution in [2.75, 3.05) is 6.54 Å². The van der Waals surface area contributed by atoms with Crippen LogP contribution >= 0.6 is 11.3 Å². The first-order chi connectivity index (χ1) is 11.0. The lowest BCUT2D eigenvalue weighted by molar-refractivity contribution is -0.145. The van der Waals surface area contributed by atoms with E-state index >= 15 is 0 Å². The molecule has 1 N–H and O–H groups in total. The quantitative estimate of drug-likeness (QED) is 0.650. The number of carbonyl (C=O) groups is 3. The van der Waals surface area contributed by atoms with Gasteiger partial charge in [-0.05, 0) is 42.6 Å². The molecule has 0 radical (unpaired) electrons. The summed E-state index contributed by atoms with van der Waals surface area (Å²) in [6.07, 6.45) is -1.02. The van der Waals surface area contributed by atoms with Gasteiger partial charge in [0.15, 0.2) is 6.10 Å². The van der Waals surface area contributed by atoms with Crippen LogP contribution in [0.15, 0.2) is 41.8 Å². The highest BCUT2D eigenvalue weighted by molar-refractivity contribution is 7.12. The molecule has 1 amide bonds. The molecule has 0 fully saturated rings. The lowest BCUT2D eigenvalue weighted by Crippen LogP contribution is -2.33. The van der Waals surface area contributed by atoms with E-state index in [4.69, 9.17) is 4.74 Å². The Morgan fingerprint density at radius 2 is 1.91 bits per heavy atom. The van der Waals surface area contributed by atoms with Crippen molar-refractivity contribution in [3.05, 3.63) is 58.0 Å². The first-order valence-corrected chi connectivity index (χ1v) is 7.66. The Labute approximate surface area is 136 Å². The summed E-state index contributed by atoms with van der Waals surface area (Å²) in [6, 6.07) is 8.31. The van der Waals surface area contributed by atoms with Gasteiger partial charge in [0.1, 0.15) is 12.4 Å². The number of benzene rings is 1. The van der Waals surface area contributed by atoms with E-state index in [1.165, 1.54) is 30.4 Å². The Kier molecular flexibility index (Phi) is 5.59. The van der Waals surface area contributed by atoms with Crippen LogP contribution in [0, 0.1) is 5.82 Å². The van der Waals surface area contributed by atoms with Crippen molar-refractivity contribution in [3.63, 3.8) is 0 Å². The number of ether oxygens (including phenoxy) is 1. The number of hydrogen-bond acceptors (Lipinski definition) is 5. The maximum absolute atomic E-state index is 12.8. The average molecular weight is 335 g/mol. The molecule has 2 rings (SSSR count). The SMILES string of the molecule is C[C@@H](OC(=O)CNC(=O)c1cccs1)C(=O)c1ccc(F)cc1. The Hall–Kier alpha value is -2.54. The summed E-state index contributed by atoms with van der Waals surface area (Å²) in [5.74, 6) is -2.00. The summed E-state index contributed by atoms with van der Waals surface area (Å²) in [6.45, 7) is 1.09. The number of Topliss-reactive ketones (excluding diaryl/α,β-unsaturated/α-hetero) is 1. The van der Waals surface area contributed by atoms with Gasteiger partial charge >= 0.3 is 5.97 Å². The van der Waals surface area contributed by atoms with Gasteiger partial charge in [-0.2, -0.15) is 0 Å². The minimum atomic E-state index is -1.02. The molecular weight excluding hydrogens is 321 g/mol. The fourth-order valence-electron chi connectivity index (χ4n) is 1.79. The van der Waals surface area contributed by atoms with Gasteiger partial charge < -0.3 is 10.1 Å². The van der Waals surface area contributed by atoms with Crippen LogP contribution in [0.2, 0.25) is 0 Å². The number of esters is 1. The van der Waals surface area contributed by atoms with Crippen molar-refractivity contribution in [3.8, 4) is 0 Å². The Balaban J connectivity index is 1.83. The molecule has 0 aliphatic carbocycles. The van der Waals surface area contributed by atoms with E-state index in [0.717, 1.165) is 12.1 Å². The van der Waals surface area contributed by atoms with E-state index in [2.05, 4.69) is 5.32 Å². The highest BCUT2D eigenvalue weighted by Crippen LogP contribution is 2.09. The molecule has 0 aliphatic rings. The zero-order valence-corrected chi connectivity index (χ0v) is 13.1. The van der Waals surface area contributed by atoms with Crippen LogP contribution in [0.4, 0.5) is 4.39 Å². The van der Waals surface area contributed by atoms with Gasteiger partial charge in [0.05, 0.1) is 4.88 Å². The van der Waals surface area contributed by atoms with E-state index in [1.54, 1.807) is 17.5 Å². The maximum atomic E-state index is 12.8. The first kappa shape index (κ1) is 16.8. The minimum absolute atomic E-state index is 0.245. The molecule has 0 bridgehead atoms. The summed E-state index contributed by atoms with van der Waals surface area (Å²) in [5, 5.41) is 4.16. The molecule has 0 saturated carbocycles. The highest BCUT2D eigenvalue weighted by Gasteiger charge is 2.20. The van der Waals surface area contributed by atoms with Crippen LogP contribution in [0.1, 0.15) is 27.0 Å². The van der Waals surface area contributed by atoms with Crippen molar-refractivity contribution in [1.29, 1.82) is 0 Å². The van der Waals surface area contributed by atoms with E-state index in [1.807, 2.05) is 0 Å². The van der Waals surface area contributed by atoms with Gasteiger partial charge in [0.2, 0.25) is 5.78 Å². The van der Waals surface area contributed by atoms with Gasteiger partial charge in [0.25, 0.3) is 5.91 Å². The normalized spacial score (nSPS) is 11.6. The lowest BCUT2D eigenvalue weighted by Gasteiger charge is -2.12. The molecule has 7 heteroatoms. The fraction of sp³-hybridized carbons (Fsp3) is 0.188. The van der Waals surface area contributed by atoms with Crippen LogP contribution in [0.25, 0.3) is 0 Å². The largest absolute Gasteiger partial charge is 0.453 e. The molecule has 0 spiro atoms. The third kappa shape index (κ3) is 4.72. The number of thiophene rings is 1. The van der Waals surface area contributed by atoms with Crippen LogP contribution in [-0.2, 0) is 9.53 Å². The standard InChI is InChI=1S/C16H14FNO4S/c1-10(15(20)11-4-6-12(17)7-5-11)22-14(19)9-18-16(21)13-3-2-8-23-13/h2-8,10H,9H2,1H3,(H,18,21)/t10-/m1/s1. The van der Waals surface area contributed by atoms with E-state index in [-0.39, 0.29) is 18.0 Å². The summed E-state index contributed by atoms with van der Waals surface area (Å²) in [4.78, 5) is 35.9. The number of halogens is 1. The highest BCUT2D eigenvalue weighted by atomic mass is 32.1. The average Bonchev–Trinajstić information content (AvgIpc) is 3.07. The molecule has 0 saturated heterocycles. The van der Waals surface area contributed by atoms with Gasteiger partial charge in [-0.25, -0.2) is 4.39 Å². The number of hydrogen-bond donors (Lipinski definition) is 1. The number of rotatable bonds is 6. The molecule has 23 heavy (non-hydrogen) atoms. The van der Waals surface area contributed by atoms with Crippen molar-refractivity contribution in [2.45, 2.75) is 13.0 Å². The third-order valence-electron chi connectivity index (χ3n) is 2.94. The molecule has 5 nitrogen and oxygen atoms in total. The van der Waals surface area contributed by atoms with Crippen LogP contribution in [0.5, 0.6) is 0 Å². The third-order valence-corrected chi connectivity index (χ3v) is 3.81. The summed E-state index contributed by atoms with van der Waals surface area (Å²) in [7, 11) is 0. The Morgan fingerprint density at radius 3 is 2.52 bits per heavy atom. The van der Waals surface area contributed by atoms with Crippen LogP contribution in [-0.4, -0.2) is 30.3 Å². The zero-order valence-electron chi connectivity index (χ0n) is 12.2. The molecular formula is C16H14FNO4S. The van der Waals surface area contributed by atoms with Gasteiger partial charge in [-0.15, -0.1) is 11.3 Å². The molecule has 2 aromatic rings. The number of carbonyl (C=O) groups excluding carboxylic acids is 3. The predicted molar refractivity (Wildman–Crippen MR) is 82.9 cm³/mol. The molecule has 1 aromatic carbocycles. The summed E-state index contributed by atoms with van der Waals surface area (Å²) < 4.78 is 17.8. The minimum Gasteiger partial charge on any atom is -0.453 e. The molecule has 1 aromatic heterocycles. The zero-order chi connectivity index (χ0) is 16.8. The van der Waals surface area contributed by atoms with Crippen molar-refractivity contribution in [2.24, 2.45) is 0 Å². The van der Waals surface area contributed by atoms with E-state index in [9.17, 15) is 18.8 Å². The second-order valence-corrected chi connectivity index (χ2v) is 5.61. The number of ketones is 1. The second-order valence-electron chi connectivity index (χ2n) is 4.66. The summed E-state index contributed by atoms with van der Waals surface area (Å²) >= 11 is 1.25. The molecule has 0 unspecified atom stereocenters. The fourth-order valence-corrected chi connectivity index (χ4v) is 2.43. The molecule has 0 aliphatic heterocycles. The maximum Gasteiger partial charge on any atom is 0.326 e. The Bertz CT molecular complexity index is 697. The van der Waals surface area contributed by atoms with Crippen molar-refractivity contribution < 1.29 is 23.5 Å². The first-order valence-electron chi connectivity index (χ1n) is 6.78. The van der Waals surface area contributed by atoms with Crippen LogP contribution < -0.4 is 5.32 Å². The smallest absolute Gasteiger partial charge is 0.326 e. The van der Waals surface area contributed by atoms with Gasteiger partial charge in [-0.3, -0.25) is 14.4 Å².